The van der Waals surface area contributed by atoms with Crippen LogP contribution >= 0.6 is 0 Å². The second kappa shape index (κ2) is 4.83. The van der Waals surface area contributed by atoms with E-state index in [1.807, 2.05) is 31.2 Å². The van der Waals surface area contributed by atoms with Crippen LogP contribution in [0.25, 0.3) is 11.3 Å². The molecule has 1 N–H and O–H groups in total. The summed E-state index contributed by atoms with van der Waals surface area (Å²) in [5, 5.41) is 9.51. The molecule has 0 fully saturated rings. The van der Waals surface area contributed by atoms with E-state index in [1.165, 1.54) is 5.57 Å². The molecule has 0 radical (unpaired) electrons. The van der Waals surface area contributed by atoms with Crippen molar-refractivity contribution in [1.29, 1.82) is 0 Å². The summed E-state index contributed by atoms with van der Waals surface area (Å²) in [5.41, 5.74) is 3.13. The van der Waals surface area contributed by atoms with Gasteiger partial charge in [0.1, 0.15) is 5.76 Å². The molecule has 0 saturated heterocycles. The zero-order valence-corrected chi connectivity index (χ0v) is 9.62. The Morgan fingerprint density at radius 2 is 1.80 bits per heavy atom. The van der Waals surface area contributed by atoms with E-state index in [0.29, 0.717) is 5.92 Å². The number of aliphatic hydroxyl groups is 1. The molecule has 0 unspecified atom stereocenters. The van der Waals surface area contributed by atoms with Gasteiger partial charge in [-0.3, -0.25) is 0 Å². The number of benzene rings is 1. The van der Waals surface area contributed by atoms with Crippen molar-refractivity contribution < 1.29 is 5.11 Å². The van der Waals surface area contributed by atoms with Gasteiger partial charge in [0.05, 0.1) is 0 Å². The van der Waals surface area contributed by atoms with Crippen molar-refractivity contribution >= 4 is 11.3 Å². The smallest absolute Gasteiger partial charge is 0.116 e. The zero-order chi connectivity index (χ0) is 11.4. The average molecular weight is 202 g/mol. The van der Waals surface area contributed by atoms with Gasteiger partial charge in [-0.25, -0.2) is 0 Å². The van der Waals surface area contributed by atoms with Gasteiger partial charge in [0.15, 0.2) is 0 Å². The first-order valence-electron chi connectivity index (χ1n) is 5.21. The molecule has 0 saturated carbocycles. The van der Waals surface area contributed by atoms with Crippen LogP contribution in [0, 0.1) is 5.92 Å². The van der Waals surface area contributed by atoms with Crippen molar-refractivity contribution in [3.63, 3.8) is 0 Å². The van der Waals surface area contributed by atoms with Crippen molar-refractivity contribution in [3.8, 4) is 0 Å². The van der Waals surface area contributed by atoms with E-state index in [2.05, 4.69) is 26.5 Å². The molecule has 0 aliphatic heterocycles. The largest absolute Gasteiger partial charge is 0.508 e. The third kappa shape index (κ3) is 2.50. The van der Waals surface area contributed by atoms with Crippen LogP contribution in [0.15, 0.2) is 36.9 Å². The SMILES string of the molecule is C=C(O)c1ccccc1/C(=C\C)C(C)C. The molecule has 1 aromatic carbocycles. The van der Waals surface area contributed by atoms with Gasteiger partial charge in [-0.15, -0.1) is 0 Å². The molecular weight excluding hydrogens is 184 g/mol. The fourth-order valence-corrected chi connectivity index (χ4v) is 1.79. The molecular formula is C14H18O. The highest BCUT2D eigenvalue weighted by Gasteiger charge is 2.10. The Kier molecular flexibility index (Phi) is 3.73. The number of aliphatic hydroxyl groups excluding tert-OH is 1. The summed E-state index contributed by atoms with van der Waals surface area (Å²) in [4.78, 5) is 0. The highest BCUT2D eigenvalue weighted by atomic mass is 16.3. The van der Waals surface area contributed by atoms with E-state index < -0.39 is 0 Å². The predicted molar refractivity (Wildman–Crippen MR) is 66.6 cm³/mol. The number of hydrogen-bond acceptors (Lipinski definition) is 1. The molecule has 80 valence electrons. The first kappa shape index (κ1) is 11.6. The topological polar surface area (TPSA) is 20.2 Å². The maximum atomic E-state index is 9.51. The summed E-state index contributed by atoms with van der Waals surface area (Å²) in [6.07, 6.45) is 2.09. The lowest BCUT2D eigenvalue weighted by Crippen LogP contribution is -1.97. The lowest BCUT2D eigenvalue weighted by atomic mass is 9.91. The van der Waals surface area contributed by atoms with E-state index in [9.17, 15) is 5.11 Å². The van der Waals surface area contributed by atoms with Crippen LogP contribution in [0.1, 0.15) is 31.9 Å². The van der Waals surface area contributed by atoms with Gasteiger partial charge in [0.2, 0.25) is 0 Å². The molecule has 1 nitrogen and oxygen atoms in total. The van der Waals surface area contributed by atoms with Crippen LogP contribution in [0.2, 0.25) is 0 Å². The van der Waals surface area contributed by atoms with Gasteiger partial charge in [0.25, 0.3) is 0 Å². The van der Waals surface area contributed by atoms with Crippen LogP contribution in [-0.2, 0) is 0 Å². The second-order valence-electron chi connectivity index (χ2n) is 3.89. The fourth-order valence-electron chi connectivity index (χ4n) is 1.79. The Balaban J connectivity index is 3.30. The van der Waals surface area contributed by atoms with Gasteiger partial charge in [-0.1, -0.05) is 50.8 Å². The normalized spacial score (nSPS) is 11.9. The molecule has 0 aromatic heterocycles. The summed E-state index contributed by atoms with van der Waals surface area (Å²) < 4.78 is 0. The molecule has 1 aromatic rings. The minimum absolute atomic E-state index is 0.130. The number of allylic oxidation sites excluding steroid dienone is 2. The van der Waals surface area contributed by atoms with Crippen LogP contribution in [0.4, 0.5) is 0 Å². The maximum absolute atomic E-state index is 9.51. The third-order valence-corrected chi connectivity index (χ3v) is 2.48. The van der Waals surface area contributed by atoms with Gasteiger partial charge in [0, 0.05) is 5.56 Å². The highest BCUT2D eigenvalue weighted by Crippen LogP contribution is 2.28. The van der Waals surface area contributed by atoms with E-state index in [4.69, 9.17) is 0 Å². The average Bonchev–Trinajstić information content (AvgIpc) is 2.18. The number of rotatable bonds is 3. The van der Waals surface area contributed by atoms with Crippen molar-refractivity contribution in [2.24, 2.45) is 5.92 Å². The van der Waals surface area contributed by atoms with Crippen LogP contribution < -0.4 is 0 Å². The van der Waals surface area contributed by atoms with Crippen molar-refractivity contribution in [3.05, 3.63) is 48.0 Å². The standard InChI is InChI=1S/C14H18O/c1-5-12(10(2)3)14-9-7-6-8-13(14)11(4)15/h5-10,15H,4H2,1-3H3/b12-5-. The minimum atomic E-state index is 0.130. The summed E-state index contributed by atoms with van der Waals surface area (Å²) in [6.45, 7) is 9.90. The minimum Gasteiger partial charge on any atom is -0.508 e. The molecule has 0 aliphatic carbocycles. The molecule has 0 atom stereocenters. The Bertz CT molecular complexity index is 386. The summed E-state index contributed by atoms with van der Waals surface area (Å²) in [5.74, 6) is 0.570. The maximum Gasteiger partial charge on any atom is 0.116 e. The van der Waals surface area contributed by atoms with Crippen molar-refractivity contribution in [1.82, 2.24) is 0 Å². The van der Waals surface area contributed by atoms with Crippen molar-refractivity contribution in [2.45, 2.75) is 20.8 Å². The van der Waals surface area contributed by atoms with Crippen molar-refractivity contribution in [2.75, 3.05) is 0 Å². The molecule has 1 rings (SSSR count). The second-order valence-corrected chi connectivity index (χ2v) is 3.89. The highest BCUT2D eigenvalue weighted by molar-refractivity contribution is 5.77. The Morgan fingerprint density at radius 3 is 2.20 bits per heavy atom. The fraction of sp³-hybridized carbons (Fsp3) is 0.286. The molecule has 0 amide bonds. The lowest BCUT2D eigenvalue weighted by molar-refractivity contribution is 0.513. The Morgan fingerprint density at radius 1 is 1.27 bits per heavy atom. The van der Waals surface area contributed by atoms with E-state index in [0.717, 1.165) is 11.1 Å². The van der Waals surface area contributed by atoms with Gasteiger partial charge >= 0.3 is 0 Å². The van der Waals surface area contributed by atoms with E-state index in [1.54, 1.807) is 0 Å². The van der Waals surface area contributed by atoms with Gasteiger partial charge < -0.3 is 5.11 Å². The molecule has 0 bridgehead atoms. The summed E-state index contributed by atoms with van der Waals surface area (Å²) in [7, 11) is 0. The van der Waals surface area contributed by atoms with Gasteiger partial charge in [-0.05, 0) is 24.0 Å². The summed E-state index contributed by atoms with van der Waals surface area (Å²) >= 11 is 0. The van der Waals surface area contributed by atoms with E-state index in [-0.39, 0.29) is 5.76 Å². The Labute approximate surface area is 91.8 Å². The first-order valence-corrected chi connectivity index (χ1v) is 5.21. The van der Waals surface area contributed by atoms with Crippen LogP contribution in [-0.4, -0.2) is 5.11 Å². The third-order valence-electron chi connectivity index (χ3n) is 2.48. The lowest BCUT2D eigenvalue weighted by Gasteiger charge is -2.15. The molecule has 1 heteroatoms. The molecule has 0 aliphatic rings. The monoisotopic (exact) mass is 202 g/mol. The van der Waals surface area contributed by atoms with Crippen LogP contribution in [0.3, 0.4) is 0 Å². The Hall–Kier alpha value is -1.50. The van der Waals surface area contributed by atoms with E-state index >= 15 is 0 Å². The summed E-state index contributed by atoms with van der Waals surface area (Å²) in [6, 6.07) is 7.80. The number of hydrogen-bond donors (Lipinski definition) is 1. The molecule has 0 heterocycles. The first-order chi connectivity index (χ1) is 7.07. The predicted octanol–water partition coefficient (Wildman–Crippen LogP) is 4.27. The zero-order valence-electron chi connectivity index (χ0n) is 9.62. The molecule has 0 spiro atoms. The molecule has 15 heavy (non-hydrogen) atoms. The quantitative estimate of drug-likeness (QED) is 0.725. The van der Waals surface area contributed by atoms with Gasteiger partial charge in [-0.2, -0.15) is 0 Å². The van der Waals surface area contributed by atoms with Crippen LogP contribution in [0.5, 0.6) is 0 Å².